The molecule has 0 radical (unpaired) electrons. The van der Waals surface area contributed by atoms with Gasteiger partial charge in [-0.25, -0.2) is 14.0 Å². The molecule has 1 rings (SSSR count). The Morgan fingerprint density at radius 1 is 1.36 bits per heavy atom. The molecule has 8 heteroatoms. The van der Waals surface area contributed by atoms with Gasteiger partial charge in [-0.15, -0.1) is 0 Å². The highest BCUT2D eigenvalue weighted by molar-refractivity contribution is 6.30. The Balaban J connectivity index is 2.46. The van der Waals surface area contributed by atoms with Crippen molar-refractivity contribution in [3.05, 3.63) is 34.6 Å². The molecule has 120 valence electrons. The van der Waals surface area contributed by atoms with E-state index in [-0.39, 0.29) is 16.6 Å². The summed E-state index contributed by atoms with van der Waals surface area (Å²) in [5.41, 5.74) is -0.346. The summed E-state index contributed by atoms with van der Waals surface area (Å²) in [7, 11) is 0. The molecule has 0 unspecified atom stereocenters. The molecule has 6 nitrogen and oxygen atoms in total. The van der Waals surface area contributed by atoms with E-state index in [1.807, 2.05) is 12.2 Å². The second-order valence-electron chi connectivity index (χ2n) is 4.53. The maximum absolute atomic E-state index is 13.5. The van der Waals surface area contributed by atoms with Crippen LogP contribution in [0.4, 0.5) is 9.18 Å². The lowest BCUT2D eigenvalue weighted by molar-refractivity contribution is -0.123. The molecular weight excluding hydrogens is 315 g/mol. The molecule has 0 spiro atoms. The molecule has 0 aliphatic heterocycles. The van der Waals surface area contributed by atoms with Crippen molar-refractivity contribution in [1.82, 2.24) is 10.6 Å². The van der Waals surface area contributed by atoms with Crippen LogP contribution in [0.3, 0.4) is 0 Å². The van der Waals surface area contributed by atoms with Crippen LogP contribution in [0.5, 0.6) is 0 Å². The summed E-state index contributed by atoms with van der Waals surface area (Å²) in [5, 5.41) is 4.64. The lowest BCUT2D eigenvalue weighted by Gasteiger charge is -2.11. The zero-order valence-corrected chi connectivity index (χ0v) is 12.9. The van der Waals surface area contributed by atoms with E-state index in [1.54, 1.807) is 6.92 Å². The minimum atomic E-state index is -1.02. The summed E-state index contributed by atoms with van der Waals surface area (Å²) in [6, 6.07) is 2.64. The van der Waals surface area contributed by atoms with E-state index in [0.717, 1.165) is 12.1 Å². The van der Waals surface area contributed by atoms with Gasteiger partial charge in [-0.05, 0) is 31.5 Å². The van der Waals surface area contributed by atoms with Crippen LogP contribution in [0.1, 0.15) is 30.6 Å². The summed E-state index contributed by atoms with van der Waals surface area (Å²) >= 11 is 5.56. The van der Waals surface area contributed by atoms with E-state index >= 15 is 0 Å². The number of benzene rings is 1. The molecule has 0 aliphatic carbocycles. The van der Waals surface area contributed by atoms with Crippen LogP contribution in [0.2, 0.25) is 5.02 Å². The fourth-order valence-electron chi connectivity index (χ4n) is 1.39. The lowest BCUT2D eigenvalue weighted by atomic mass is 10.2. The van der Waals surface area contributed by atoms with Crippen LogP contribution in [-0.2, 0) is 9.53 Å². The highest BCUT2D eigenvalue weighted by Gasteiger charge is 2.16. The maximum Gasteiger partial charge on any atom is 0.341 e. The van der Waals surface area contributed by atoms with Crippen molar-refractivity contribution in [1.29, 1.82) is 0 Å². The molecular formula is C14H16ClFN2O4. The van der Waals surface area contributed by atoms with Gasteiger partial charge in [-0.1, -0.05) is 18.5 Å². The number of carbonyl (C=O) groups is 3. The second-order valence-corrected chi connectivity index (χ2v) is 4.97. The number of halogens is 2. The van der Waals surface area contributed by atoms with Gasteiger partial charge in [-0.3, -0.25) is 10.1 Å². The average molecular weight is 331 g/mol. The molecule has 1 atom stereocenters. The van der Waals surface area contributed by atoms with Gasteiger partial charge >= 0.3 is 12.0 Å². The van der Waals surface area contributed by atoms with Gasteiger partial charge in [0.2, 0.25) is 0 Å². The predicted molar refractivity (Wildman–Crippen MR) is 78.1 cm³/mol. The van der Waals surface area contributed by atoms with Gasteiger partial charge < -0.3 is 10.1 Å². The normalized spacial score (nSPS) is 11.5. The predicted octanol–water partition coefficient (Wildman–Crippen LogP) is 2.26. The summed E-state index contributed by atoms with van der Waals surface area (Å²) < 4.78 is 18.1. The lowest BCUT2D eigenvalue weighted by Crippen LogP contribution is -2.44. The van der Waals surface area contributed by atoms with Gasteiger partial charge in [0.1, 0.15) is 5.82 Å². The van der Waals surface area contributed by atoms with Crippen LogP contribution < -0.4 is 10.6 Å². The van der Waals surface area contributed by atoms with E-state index in [9.17, 15) is 18.8 Å². The maximum atomic E-state index is 13.5. The Labute approximate surface area is 132 Å². The zero-order chi connectivity index (χ0) is 16.7. The topological polar surface area (TPSA) is 84.5 Å². The van der Waals surface area contributed by atoms with Crippen molar-refractivity contribution < 1.29 is 23.5 Å². The molecule has 0 aromatic heterocycles. The monoisotopic (exact) mass is 330 g/mol. The number of carbonyl (C=O) groups excluding carboxylic acids is 3. The molecule has 0 bridgehead atoms. The Hall–Kier alpha value is -2.15. The average Bonchev–Trinajstić information content (AvgIpc) is 2.44. The molecule has 1 aromatic carbocycles. The zero-order valence-electron chi connectivity index (χ0n) is 12.1. The molecule has 0 heterocycles. The molecule has 0 saturated heterocycles. The third-order valence-electron chi connectivity index (χ3n) is 2.73. The smallest absolute Gasteiger partial charge is 0.341 e. The van der Waals surface area contributed by atoms with Crippen LogP contribution in [0.25, 0.3) is 0 Å². The minimum Gasteiger partial charge on any atom is -0.452 e. The van der Waals surface area contributed by atoms with Crippen molar-refractivity contribution in [3.8, 4) is 0 Å². The quantitative estimate of drug-likeness (QED) is 0.811. The Kier molecular flexibility index (Phi) is 6.78. The number of amides is 3. The molecule has 2 N–H and O–H groups in total. The Morgan fingerprint density at radius 2 is 2.05 bits per heavy atom. The van der Waals surface area contributed by atoms with Crippen molar-refractivity contribution >= 4 is 29.5 Å². The first-order valence-corrected chi connectivity index (χ1v) is 6.93. The first-order valence-electron chi connectivity index (χ1n) is 6.56. The number of hydrogen-bond donors (Lipinski definition) is 2. The van der Waals surface area contributed by atoms with Gasteiger partial charge in [0.15, 0.2) is 6.61 Å². The highest BCUT2D eigenvalue weighted by Crippen LogP contribution is 2.15. The fraction of sp³-hybridized carbons (Fsp3) is 0.357. The van der Waals surface area contributed by atoms with Crippen molar-refractivity contribution in [2.24, 2.45) is 0 Å². The number of nitrogens with one attached hydrogen (secondary N) is 2. The van der Waals surface area contributed by atoms with Gasteiger partial charge in [0.25, 0.3) is 5.91 Å². The molecule has 1 aromatic rings. The molecule has 22 heavy (non-hydrogen) atoms. The number of rotatable bonds is 5. The Bertz CT molecular complexity index is 580. The summed E-state index contributed by atoms with van der Waals surface area (Å²) in [5.74, 6) is -2.69. The van der Waals surface area contributed by atoms with Crippen LogP contribution >= 0.6 is 11.6 Å². The van der Waals surface area contributed by atoms with E-state index in [2.05, 4.69) is 10.1 Å². The van der Waals surface area contributed by atoms with Gasteiger partial charge in [-0.2, -0.15) is 0 Å². The number of imide groups is 1. The standard InChI is InChI=1S/C14H16ClFN2O4/c1-3-8(2)17-14(21)18-12(19)7-22-13(20)10-5-4-9(15)6-11(10)16/h4-6,8H,3,7H2,1-2H3,(H2,17,18,19,21)/t8-/m1/s1. The van der Waals surface area contributed by atoms with E-state index < -0.39 is 30.3 Å². The summed E-state index contributed by atoms with van der Waals surface area (Å²) in [6.07, 6.45) is 0.701. The third-order valence-corrected chi connectivity index (χ3v) is 2.96. The van der Waals surface area contributed by atoms with Crippen LogP contribution in [0, 0.1) is 5.82 Å². The fourth-order valence-corrected chi connectivity index (χ4v) is 1.55. The first-order chi connectivity index (χ1) is 10.3. The van der Waals surface area contributed by atoms with E-state index in [4.69, 9.17) is 11.6 Å². The van der Waals surface area contributed by atoms with E-state index in [0.29, 0.717) is 6.42 Å². The number of hydrogen-bond acceptors (Lipinski definition) is 4. The molecule has 0 saturated carbocycles. The van der Waals surface area contributed by atoms with Crippen LogP contribution in [0.15, 0.2) is 18.2 Å². The summed E-state index contributed by atoms with van der Waals surface area (Å²) in [4.78, 5) is 34.4. The van der Waals surface area contributed by atoms with Crippen LogP contribution in [-0.4, -0.2) is 30.6 Å². The molecule has 0 aliphatic rings. The minimum absolute atomic E-state index is 0.0986. The van der Waals surface area contributed by atoms with Crippen molar-refractivity contribution in [2.75, 3.05) is 6.61 Å². The SMILES string of the molecule is CC[C@@H](C)NC(=O)NC(=O)COC(=O)c1ccc(Cl)cc1F. The number of ether oxygens (including phenoxy) is 1. The largest absolute Gasteiger partial charge is 0.452 e. The molecule has 0 fully saturated rings. The van der Waals surface area contributed by atoms with E-state index in [1.165, 1.54) is 6.07 Å². The number of urea groups is 1. The van der Waals surface area contributed by atoms with Crippen molar-refractivity contribution in [3.63, 3.8) is 0 Å². The Morgan fingerprint density at radius 3 is 2.64 bits per heavy atom. The third kappa shape index (κ3) is 5.69. The second kappa shape index (κ2) is 8.33. The molecule has 3 amide bonds. The first kappa shape index (κ1) is 17.9. The summed E-state index contributed by atoms with van der Waals surface area (Å²) in [6.45, 7) is 2.94. The number of esters is 1. The van der Waals surface area contributed by atoms with Gasteiger partial charge in [0.05, 0.1) is 5.56 Å². The van der Waals surface area contributed by atoms with Gasteiger partial charge in [0, 0.05) is 11.1 Å². The highest BCUT2D eigenvalue weighted by atomic mass is 35.5. The van der Waals surface area contributed by atoms with Crippen molar-refractivity contribution in [2.45, 2.75) is 26.3 Å².